The Kier molecular flexibility index (Phi) is 40.9. The molecule has 2 aliphatic heterocycles. The van der Waals surface area contributed by atoms with Gasteiger partial charge in [-0.25, -0.2) is 0 Å². The molecule has 14 heteroatoms. The second kappa shape index (κ2) is 44.3. The monoisotopic (exact) mass is 1030 g/mol. The van der Waals surface area contributed by atoms with Gasteiger partial charge in [0, 0.05) is 6.42 Å². The van der Waals surface area contributed by atoms with Gasteiger partial charge >= 0.3 is 0 Å². The molecule has 0 aliphatic carbocycles. The molecule has 12 unspecified atom stereocenters. The highest BCUT2D eigenvalue weighted by Crippen LogP contribution is 2.30. The van der Waals surface area contributed by atoms with Gasteiger partial charge in [0.1, 0.15) is 48.8 Å². The number of nitrogens with one attached hydrogen (secondary N) is 1. The minimum absolute atomic E-state index is 0.240. The zero-order valence-electron chi connectivity index (χ0n) is 45.2. The maximum absolute atomic E-state index is 13.2. The smallest absolute Gasteiger partial charge is 0.220 e. The average Bonchev–Trinajstić information content (AvgIpc) is 3.38. The minimum Gasteiger partial charge on any atom is -0.394 e. The van der Waals surface area contributed by atoms with E-state index in [-0.39, 0.29) is 18.9 Å². The number of hydrogen-bond donors (Lipinski definition) is 9. The third-order valence-corrected chi connectivity index (χ3v) is 14.3. The number of carbonyl (C=O) groups excluding carboxylic acids is 1. The lowest BCUT2D eigenvalue weighted by Crippen LogP contribution is -2.65. The van der Waals surface area contributed by atoms with E-state index in [2.05, 4.69) is 43.5 Å². The lowest BCUT2D eigenvalue weighted by molar-refractivity contribution is -0.359. The SMILES string of the molecule is CCCCCCC/C=C\C/C=C\CCCCCCCCCCCCCCCC(=O)NC(COC1OC(CO)C(OC2OC(CO)C(O)C(O)C2O)C(O)C1O)C(O)/C=C/CCCCCCCCCCCCC. The molecular formula is C58H107NO13. The molecule has 2 saturated heterocycles. The molecule has 14 nitrogen and oxygen atoms in total. The summed E-state index contributed by atoms with van der Waals surface area (Å²) in [5.41, 5.74) is 0. The zero-order valence-corrected chi connectivity index (χ0v) is 45.2. The first-order valence-corrected chi connectivity index (χ1v) is 29.2. The zero-order chi connectivity index (χ0) is 52.4. The minimum atomic E-state index is -1.79. The number of allylic oxidation sites excluding steroid dienone is 5. The van der Waals surface area contributed by atoms with Crippen LogP contribution in [0.5, 0.6) is 0 Å². The molecular weight excluding hydrogens is 919 g/mol. The van der Waals surface area contributed by atoms with Crippen molar-refractivity contribution in [1.29, 1.82) is 0 Å². The number of aliphatic hydroxyl groups excluding tert-OH is 8. The molecule has 72 heavy (non-hydrogen) atoms. The summed E-state index contributed by atoms with van der Waals surface area (Å²) < 4.78 is 22.7. The number of carbonyl (C=O) groups is 1. The molecule has 0 aromatic rings. The first-order valence-electron chi connectivity index (χ1n) is 29.2. The van der Waals surface area contributed by atoms with Gasteiger partial charge in [-0.05, 0) is 51.4 Å². The lowest BCUT2D eigenvalue weighted by Gasteiger charge is -2.46. The van der Waals surface area contributed by atoms with Crippen LogP contribution in [0.4, 0.5) is 0 Å². The van der Waals surface area contributed by atoms with Crippen molar-refractivity contribution in [3.63, 3.8) is 0 Å². The van der Waals surface area contributed by atoms with Crippen LogP contribution in [0.3, 0.4) is 0 Å². The fourth-order valence-corrected chi connectivity index (χ4v) is 9.56. The second-order valence-electron chi connectivity index (χ2n) is 20.8. The van der Waals surface area contributed by atoms with Crippen molar-refractivity contribution in [2.24, 2.45) is 0 Å². The number of ether oxygens (including phenoxy) is 4. The van der Waals surface area contributed by atoms with Crippen molar-refractivity contribution >= 4 is 5.91 Å². The molecule has 0 aromatic carbocycles. The number of unbranched alkanes of at least 4 members (excludes halogenated alkanes) is 29. The Morgan fingerprint density at radius 1 is 0.500 bits per heavy atom. The summed E-state index contributed by atoms with van der Waals surface area (Å²) in [6.07, 6.45) is 36.1. The Bertz CT molecular complexity index is 1350. The fourth-order valence-electron chi connectivity index (χ4n) is 9.56. The van der Waals surface area contributed by atoms with Crippen molar-refractivity contribution < 1.29 is 64.6 Å². The molecule has 1 amide bonds. The summed E-state index contributed by atoms with van der Waals surface area (Å²) in [6.45, 7) is 2.78. The summed E-state index contributed by atoms with van der Waals surface area (Å²) in [4.78, 5) is 13.2. The van der Waals surface area contributed by atoms with E-state index in [1.165, 1.54) is 161 Å². The van der Waals surface area contributed by atoms with Crippen LogP contribution in [-0.4, -0.2) is 140 Å². The molecule has 2 rings (SSSR count). The van der Waals surface area contributed by atoms with Crippen LogP contribution in [0.2, 0.25) is 0 Å². The molecule has 0 spiro atoms. The van der Waals surface area contributed by atoms with E-state index in [4.69, 9.17) is 18.9 Å². The van der Waals surface area contributed by atoms with Gasteiger partial charge < -0.3 is 65.1 Å². The third kappa shape index (κ3) is 30.1. The standard InChI is InChI=1S/C58H107NO13/c1-3-5-7-9-11-13-15-17-18-19-20-21-22-23-24-25-26-27-28-30-32-34-36-38-40-42-50(63)59-46(47(62)41-39-37-35-33-31-29-16-14-12-10-8-6-4-2)45-69-57-55(68)53(66)56(49(44-61)71-57)72-58-54(67)52(65)51(64)48(43-60)70-58/h15,17,19-20,39,41,46-49,51-58,60-62,64-68H,3-14,16,18,21-38,40,42-45H2,1-2H3,(H,59,63)/b17-15-,20-19-,41-39+. The number of aliphatic hydroxyl groups is 8. The fraction of sp³-hybridized carbons (Fsp3) is 0.879. The quantitative estimate of drug-likeness (QED) is 0.0205. The van der Waals surface area contributed by atoms with Gasteiger partial charge in [0.25, 0.3) is 0 Å². The first-order chi connectivity index (χ1) is 35.1. The topological polar surface area (TPSA) is 228 Å². The molecule has 9 N–H and O–H groups in total. The van der Waals surface area contributed by atoms with Crippen molar-refractivity contribution in [3.05, 3.63) is 36.5 Å². The summed E-state index contributed by atoms with van der Waals surface area (Å²) in [5, 5.41) is 86.9. The van der Waals surface area contributed by atoms with Crippen LogP contribution in [0.1, 0.15) is 232 Å². The summed E-state index contributed by atoms with van der Waals surface area (Å²) in [7, 11) is 0. The number of hydrogen-bond acceptors (Lipinski definition) is 13. The maximum atomic E-state index is 13.2. The first kappa shape index (κ1) is 66.3. The van der Waals surface area contributed by atoms with Gasteiger partial charge in [-0.3, -0.25) is 4.79 Å². The summed E-state index contributed by atoms with van der Waals surface area (Å²) in [5.74, 6) is -0.240. The van der Waals surface area contributed by atoms with E-state index in [1.54, 1.807) is 6.08 Å². The number of rotatable bonds is 46. The van der Waals surface area contributed by atoms with Crippen LogP contribution in [-0.2, 0) is 23.7 Å². The second-order valence-corrected chi connectivity index (χ2v) is 20.8. The molecule has 2 heterocycles. The third-order valence-electron chi connectivity index (χ3n) is 14.3. The predicted octanol–water partition coefficient (Wildman–Crippen LogP) is 9.44. The van der Waals surface area contributed by atoms with Crippen molar-refractivity contribution in [2.75, 3.05) is 19.8 Å². The van der Waals surface area contributed by atoms with Gasteiger partial charge in [0.2, 0.25) is 5.91 Å². The predicted molar refractivity (Wildman–Crippen MR) is 286 cm³/mol. The summed E-state index contributed by atoms with van der Waals surface area (Å²) in [6, 6.07) is -0.913. The van der Waals surface area contributed by atoms with Crippen LogP contribution in [0.15, 0.2) is 36.5 Å². The largest absolute Gasteiger partial charge is 0.394 e. The number of amides is 1. The van der Waals surface area contributed by atoms with Gasteiger partial charge in [-0.1, -0.05) is 211 Å². The molecule has 0 radical (unpaired) electrons. The van der Waals surface area contributed by atoms with Crippen LogP contribution in [0, 0.1) is 0 Å². The molecule has 0 aromatic heterocycles. The Balaban J connectivity index is 1.73. The molecule has 422 valence electrons. The average molecular weight is 1030 g/mol. The van der Waals surface area contributed by atoms with Crippen LogP contribution >= 0.6 is 0 Å². The molecule has 0 bridgehead atoms. The Morgan fingerprint density at radius 3 is 1.39 bits per heavy atom. The van der Waals surface area contributed by atoms with Gasteiger partial charge in [0.15, 0.2) is 12.6 Å². The van der Waals surface area contributed by atoms with E-state index >= 15 is 0 Å². The highest BCUT2D eigenvalue weighted by Gasteiger charge is 2.51. The normalized spacial score (nSPS) is 25.8. The lowest BCUT2D eigenvalue weighted by atomic mass is 9.97. The van der Waals surface area contributed by atoms with Gasteiger partial charge in [-0.2, -0.15) is 0 Å². The van der Waals surface area contributed by atoms with Crippen molar-refractivity contribution in [2.45, 2.75) is 306 Å². The molecule has 0 saturated carbocycles. The van der Waals surface area contributed by atoms with E-state index in [1.807, 2.05) is 6.08 Å². The van der Waals surface area contributed by atoms with Crippen LogP contribution < -0.4 is 5.32 Å². The Morgan fingerprint density at radius 2 is 0.917 bits per heavy atom. The van der Waals surface area contributed by atoms with Crippen LogP contribution in [0.25, 0.3) is 0 Å². The van der Waals surface area contributed by atoms with Crippen molar-refractivity contribution in [3.8, 4) is 0 Å². The van der Waals surface area contributed by atoms with E-state index in [0.29, 0.717) is 6.42 Å². The van der Waals surface area contributed by atoms with Gasteiger partial charge in [-0.15, -0.1) is 0 Å². The van der Waals surface area contributed by atoms with Gasteiger partial charge in [0.05, 0.1) is 32.0 Å². The maximum Gasteiger partial charge on any atom is 0.220 e. The highest BCUT2D eigenvalue weighted by atomic mass is 16.7. The van der Waals surface area contributed by atoms with Crippen molar-refractivity contribution in [1.82, 2.24) is 5.32 Å². The highest BCUT2D eigenvalue weighted by molar-refractivity contribution is 5.76. The summed E-state index contributed by atoms with van der Waals surface area (Å²) >= 11 is 0. The van der Waals surface area contributed by atoms with E-state index in [9.17, 15) is 45.6 Å². The van der Waals surface area contributed by atoms with E-state index in [0.717, 1.165) is 44.9 Å². The molecule has 12 atom stereocenters. The molecule has 2 fully saturated rings. The Labute approximate surface area is 436 Å². The van der Waals surface area contributed by atoms with E-state index < -0.39 is 86.8 Å². The molecule has 2 aliphatic rings. The Hall–Kier alpha value is -1.79.